The minimum atomic E-state index is -0.405. The quantitative estimate of drug-likeness (QED) is 0.499. The van der Waals surface area contributed by atoms with Crippen LogP contribution in [-0.2, 0) is 4.43 Å². The maximum Gasteiger partial charge on any atom is 0.167 e. The number of aliphatic hydroxyl groups excluding tert-OH is 1. The Balaban J connectivity index is 3.35. The molecule has 0 rings (SSSR count). The molecule has 3 heteroatoms. The van der Waals surface area contributed by atoms with E-state index in [9.17, 15) is 0 Å². The zero-order valence-electron chi connectivity index (χ0n) is 10.2. The zero-order valence-corrected chi connectivity index (χ0v) is 11.6. The first-order chi connectivity index (χ1) is 6.50. The Kier molecular flexibility index (Phi) is 7.50. The summed E-state index contributed by atoms with van der Waals surface area (Å²) >= 11 is 0. The van der Waals surface area contributed by atoms with Crippen molar-refractivity contribution in [2.45, 2.75) is 52.0 Å². The van der Waals surface area contributed by atoms with Gasteiger partial charge in [-0.1, -0.05) is 27.7 Å². The van der Waals surface area contributed by atoms with Gasteiger partial charge in [-0.15, -0.1) is 0 Å². The topological polar surface area (TPSA) is 29.5 Å². The van der Waals surface area contributed by atoms with Crippen LogP contribution in [0.4, 0.5) is 0 Å². The van der Waals surface area contributed by atoms with Crippen LogP contribution >= 0.6 is 0 Å². The Morgan fingerprint density at radius 2 is 1.86 bits per heavy atom. The van der Waals surface area contributed by atoms with Crippen LogP contribution < -0.4 is 0 Å². The number of rotatable bonds is 8. The summed E-state index contributed by atoms with van der Waals surface area (Å²) in [6, 6.07) is 0. The number of hydrogen-bond donors (Lipinski definition) is 1. The Morgan fingerprint density at radius 1 is 1.21 bits per heavy atom. The van der Waals surface area contributed by atoms with Crippen molar-refractivity contribution in [3.63, 3.8) is 0 Å². The Hall–Kier alpha value is 0.137. The number of aliphatic hydroxyl groups is 1. The summed E-state index contributed by atoms with van der Waals surface area (Å²) in [7, 11) is -0.405. The van der Waals surface area contributed by atoms with Gasteiger partial charge in [0.2, 0.25) is 0 Å². The molecular formula is C11H26O2Si. The molecule has 0 aliphatic rings. The maximum atomic E-state index is 8.59. The average Bonchev–Trinajstić information content (AvgIpc) is 2.10. The number of unbranched alkanes of at least 4 members (excludes halogenated alkanes) is 2. The van der Waals surface area contributed by atoms with Gasteiger partial charge in [0.05, 0.1) is 0 Å². The second kappa shape index (κ2) is 7.43. The molecule has 86 valence electrons. The average molecular weight is 218 g/mol. The Morgan fingerprint density at radius 3 is 2.36 bits per heavy atom. The van der Waals surface area contributed by atoms with Crippen molar-refractivity contribution >= 4 is 9.76 Å². The summed E-state index contributed by atoms with van der Waals surface area (Å²) in [5.74, 6) is 0.714. The molecule has 0 saturated carbocycles. The van der Waals surface area contributed by atoms with E-state index in [1.807, 2.05) is 0 Å². The first kappa shape index (κ1) is 14.1. The SMILES string of the molecule is CC(C)C(C)(C)[SiH2]OCCCCCO. The third kappa shape index (κ3) is 6.57. The van der Waals surface area contributed by atoms with Crippen molar-refractivity contribution in [3.05, 3.63) is 0 Å². The molecule has 0 spiro atoms. The van der Waals surface area contributed by atoms with Gasteiger partial charge in [-0.3, -0.25) is 0 Å². The van der Waals surface area contributed by atoms with E-state index in [0.29, 0.717) is 17.6 Å². The molecule has 0 amide bonds. The molecule has 2 nitrogen and oxygen atoms in total. The predicted molar refractivity (Wildman–Crippen MR) is 64.3 cm³/mol. The highest BCUT2D eigenvalue weighted by atomic mass is 28.2. The fourth-order valence-corrected chi connectivity index (χ4v) is 2.20. The highest BCUT2D eigenvalue weighted by molar-refractivity contribution is 6.32. The molecule has 0 aliphatic carbocycles. The second-order valence-corrected chi connectivity index (χ2v) is 7.50. The lowest BCUT2D eigenvalue weighted by Gasteiger charge is -2.28. The molecular weight excluding hydrogens is 192 g/mol. The van der Waals surface area contributed by atoms with Gasteiger partial charge in [0, 0.05) is 13.2 Å². The Labute approximate surface area is 91.0 Å². The van der Waals surface area contributed by atoms with Gasteiger partial charge < -0.3 is 9.53 Å². The third-order valence-electron chi connectivity index (χ3n) is 2.98. The standard InChI is InChI=1S/C11H26O2Si/c1-10(2)11(3,4)14-13-9-7-5-6-8-12/h10,12H,5-9,14H2,1-4H3. The van der Waals surface area contributed by atoms with Crippen LogP contribution in [0.25, 0.3) is 0 Å². The van der Waals surface area contributed by atoms with Crippen LogP contribution in [-0.4, -0.2) is 28.1 Å². The molecule has 0 aliphatic heterocycles. The summed E-state index contributed by atoms with van der Waals surface area (Å²) < 4.78 is 5.76. The monoisotopic (exact) mass is 218 g/mol. The van der Waals surface area contributed by atoms with Gasteiger partial charge in [0.15, 0.2) is 9.76 Å². The minimum Gasteiger partial charge on any atom is -0.423 e. The van der Waals surface area contributed by atoms with Crippen molar-refractivity contribution < 1.29 is 9.53 Å². The van der Waals surface area contributed by atoms with E-state index in [2.05, 4.69) is 27.7 Å². The summed E-state index contributed by atoms with van der Waals surface area (Å²) in [4.78, 5) is 0. The van der Waals surface area contributed by atoms with Crippen molar-refractivity contribution in [1.82, 2.24) is 0 Å². The molecule has 0 fully saturated rings. The van der Waals surface area contributed by atoms with Crippen LogP contribution in [0.3, 0.4) is 0 Å². The van der Waals surface area contributed by atoms with Gasteiger partial charge in [-0.25, -0.2) is 0 Å². The van der Waals surface area contributed by atoms with Crippen LogP contribution in [0.1, 0.15) is 47.0 Å². The van der Waals surface area contributed by atoms with Crippen molar-refractivity contribution in [2.24, 2.45) is 5.92 Å². The molecule has 0 bridgehead atoms. The molecule has 14 heavy (non-hydrogen) atoms. The maximum absolute atomic E-state index is 8.59. The third-order valence-corrected chi connectivity index (χ3v) is 5.04. The molecule has 0 radical (unpaired) electrons. The Bertz CT molecular complexity index is 135. The minimum absolute atomic E-state index is 0.314. The fourth-order valence-electron chi connectivity index (χ4n) is 0.995. The van der Waals surface area contributed by atoms with Crippen LogP contribution in [0.2, 0.25) is 5.04 Å². The summed E-state index contributed by atoms with van der Waals surface area (Å²) in [6.07, 6.45) is 3.10. The molecule has 0 saturated heterocycles. The normalized spacial score (nSPS) is 13.3. The molecule has 0 aromatic heterocycles. The largest absolute Gasteiger partial charge is 0.423 e. The van der Waals surface area contributed by atoms with Crippen molar-refractivity contribution in [2.75, 3.05) is 13.2 Å². The van der Waals surface area contributed by atoms with Crippen LogP contribution in [0, 0.1) is 5.92 Å². The van der Waals surface area contributed by atoms with E-state index < -0.39 is 9.76 Å². The van der Waals surface area contributed by atoms with E-state index in [1.165, 1.54) is 0 Å². The van der Waals surface area contributed by atoms with E-state index in [1.54, 1.807) is 0 Å². The predicted octanol–water partition coefficient (Wildman–Crippen LogP) is 2.10. The first-order valence-electron chi connectivity index (χ1n) is 5.69. The zero-order chi connectivity index (χ0) is 11.0. The molecule has 0 heterocycles. The molecule has 1 N–H and O–H groups in total. The van der Waals surface area contributed by atoms with Crippen molar-refractivity contribution in [1.29, 1.82) is 0 Å². The lowest BCUT2D eigenvalue weighted by Crippen LogP contribution is -2.22. The van der Waals surface area contributed by atoms with E-state index in [0.717, 1.165) is 25.9 Å². The lowest BCUT2D eigenvalue weighted by atomic mass is 9.99. The van der Waals surface area contributed by atoms with Crippen LogP contribution in [0.5, 0.6) is 0 Å². The van der Waals surface area contributed by atoms with Gasteiger partial charge in [-0.2, -0.15) is 0 Å². The smallest absolute Gasteiger partial charge is 0.167 e. The molecule has 0 aromatic rings. The van der Waals surface area contributed by atoms with Crippen molar-refractivity contribution in [3.8, 4) is 0 Å². The summed E-state index contributed by atoms with van der Waals surface area (Å²) in [5.41, 5.74) is 0. The van der Waals surface area contributed by atoms with Gasteiger partial charge in [0.1, 0.15) is 0 Å². The first-order valence-corrected chi connectivity index (χ1v) is 6.97. The summed E-state index contributed by atoms with van der Waals surface area (Å²) in [6.45, 7) is 10.3. The second-order valence-electron chi connectivity index (χ2n) is 4.98. The lowest BCUT2D eigenvalue weighted by molar-refractivity contribution is 0.262. The van der Waals surface area contributed by atoms with Gasteiger partial charge in [0.25, 0.3) is 0 Å². The van der Waals surface area contributed by atoms with E-state index >= 15 is 0 Å². The summed E-state index contributed by atoms with van der Waals surface area (Å²) in [5, 5.41) is 9.01. The highest BCUT2D eigenvalue weighted by Crippen LogP contribution is 2.32. The molecule has 0 unspecified atom stereocenters. The fraction of sp³-hybridized carbons (Fsp3) is 1.00. The van der Waals surface area contributed by atoms with Crippen LogP contribution in [0.15, 0.2) is 0 Å². The molecule has 0 atom stereocenters. The number of hydrogen-bond acceptors (Lipinski definition) is 2. The van der Waals surface area contributed by atoms with Gasteiger partial charge >= 0.3 is 0 Å². The molecule has 0 aromatic carbocycles. The highest BCUT2D eigenvalue weighted by Gasteiger charge is 2.23. The van der Waals surface area contributed by atoms with E-state index in [-0.39, 0.29) is 0 Å². The van der Waals surface area contributed by atoms with Gasteiger partial charge in [-0.05, 0) is 30.2 Å². The van der Waals surface area contributed by atoms with E-state index in [4.69, 9.17) is 9.53 Å².